The van der Waals surface area contributed by atoms with Crippen molar-refractivity contribution < 1.29 is 22.8 Å². The van der Waals surface area contributed by atoms with Crippen LogP contribution < -0.4 is 10.7 Å². The molecule has 0 aliphatic carbocycles. The van der Waals surface area contributed by atoms with E-state index in [4.69, 9.17) is 11.6 Å². The second kappa shape index (κ2) is 8.01. The molecule has 2 N–H and O–H groups in total. The van der Waals surface area contributed by atoms with E-state index in [0.29, 0.717) is 16.3 Å². The van der Waals surface area contributed by atoms with Crippen LogP contribution >= 0.6 is 11.6 Å². The number of rotatable bonds is 3. The van der Waals surface area contributed by atoms with Gasteiger partial charge in [0, 0.05) is 16.3 Å². The van der Waals surface area contributed by atoms with Gasteiger partial charge in [-0.05, 0) is 30.7 Å². The number of anilines is 1. The van der Waals surface area contributed by atoms with Crippen LogP contribution in [-0.4, -0.2) is 18.0 Å². The van der Waals surface area contributed by atoms with Crippen LogP contribution in [-0.2, 0) is 15.8 Å². The standard InChI is InChI=1S/C17H13ClF3N3O2/c1-10-6-7-12(18)8-14(10)23-15(25)16(26)24-22-9-11-4-2-3-5-13(11)17(19,20)21/h2-9H,1H3,(H,23,25)(H,24,26)/b22-9-. The van der Waals surface area contributed by atoms with Crippen molar-refractivity contribution in [1.29, 1.82) is 0 Å². The second-order valence-electron chi connectivity index (χ2n) is 5.20. The number of amides is 2. The SMILES string of the molecule is Cc1ccc(Cl)cc1NC(=O)C(=O)N/N=C\c1ccccc1C(F)(F)F. The lowest BCUT2D eigenvalue weighted by Gasteiger charge is -2.09. The minimum absolute atomic E-state index is 0.244. The molecule has 0 aliphatic heterocycles. The predicted octanol–water partition coefficient (Wildman–Crippen LogP) is 3.76. The summed E-state index contributed by atoms with van der Waals surface area (Å²) in [5, 5.41) is 6.12. The Morgan fingerprint density at radius 3 is 2.50 bits per heavy atom. The van der Waals surface area contributed by atoms with Crippen LogP contribution in [0.2, 0.25) is 5.02 Å². The molecule has 0 atom stereocenters. The van der Waals surface area contributed by atoms with Crippen molar-refractivity contribution in [2.75, 3.05) is 5.32 Å². The van der Waals surface area contributed by atoms with Crippen molar-refractivity contribution >= 4 is 35.3 Å². The fourth-order valence-electron chi connectivity index (χ4n) is 1.99. The molecular weight excluding hydrogens is 371 g/mol. The number of hydrazone groups is 1. The average Bonchev–Trinajstić information content (AvgIpc) is 2.57. The highest BCUT2D eigenvalue weighted by atomic mass is 35.5. The Labute approximate surface area is 151 Å². The van der Waals surface area contributed by atoms with E-state index in [2.05, 4.69) is 10.4 Å². The van der Waals surface area contributed by atoms with Gasteiger partial charge in [0.05, 0.1) is 11.8 Å². The van der Waals surface area contributed by atoms with Crippen LogP contribution in [0.4, 0.5) is 18.9 Å². The van der Waals surface area contributed by atoms with E-state index in [9.17, 15) is 22.8 Å². The number of aryl methyl sites for hydroxylation is 1. The molecule has 0 aliphatic rings. The number of hydrogen-bond donors (Lipinski definition) is 2. The maximum atomic E-state index is 12.9. The van der Waals surface area contributed by atoms with Crippen molar-refractivity contribution in [2.45, 2.75) is 13.1 Å². The highest BCUT2D eigenvalue weighted by Gasteiger charge is 2.32. The van der Waals surface area contributed by atoms with Gasteiger partial charge in [0.15, 0.2) is 0 Å². The Morgan fingerprint density at radius 1 is 1.12 bits per heavy atom. The van der Waals surface area contributed by atoms with Gasteiger partial charge in [-0.25, -0.2) is 5.43 Å². The van der Waals surface area contributed by atoms with Gasteiger partial charge in [-0.2, -0.15) is 18.3 Å². The number of carbonyl (C=O) groups is 2. The fraction of sp³-hybridized carbons (Fsp3) is 0.118. The summed E-state index contributed by atoms with van der Waals surface area (Å²) in [5.74, 6) is -2.17. The lowest BCUT2D eigenvalue weighted by Crippen LogP contribution is -2.32. The number of alkyl halides is 3. The zero-order chi connectivity index (χ0) is 19.3. The first-order valence-corrected chi connectivity index (χ1v) is 7.63. The van der Waals surface area contributed by atoms with Crippen LogP contribution in [0, 0.1) is 6.92 Å². The average molecular weight is 384 g/mol. The van der Waals surface area contributed by atoms with Gasteiger partial charge in [-0.1, -0.05) is 35.9 Å². The Hall–Kier alpha value is -2.87. The van der Waals surface area contributed by atoms with Gasteiger partial charge >= 0.3 is 18.0 Å². The molecule has 0 spiro atoms. The number of nitrogens with zero attached hydrogens (tertiary/aromatic N) is 1. The summed E-state index contributed by atoms with van der Waals surface area (Å²) < 4.78 is 38.6. The summed E-state index contributed by atoms with van der Waals surface area (Å²) in [4.78, 5) is 23.5. The third-order valence-corrected chi connectivity index (χ3v) is 3.53. The van der Waals surface area contributed by atoms with Crippen molar-refractivity contribution in [3.63, 3.8) is 0 Å². The summed E-state index contributed by atoms with van der Waals surface area (Å²) in [6, 6.07) is 9.44. The molecule has 0 aromatic heterocycles. The van der Waals surface area contributed by atoms with E-state index in [1.54, 1.807) is 19.1 Å². The molecule has 9 heteroatoms. The maximum Gasteiger partial charge on any atom is 0.417 e. The van der Waals surface area contributed by atoms with Gasteiger partial charge in [-0.15, -0.1) is 0 Å². The molecule has 0 heterocycles. The van der Waals surface area contributed by atoms with Crippen LogP contribution in [0.1, 0.15) is 16.7 Å². The molecule has 0 radical (unpaired) electrons. The van der Waals surface area contributed by atoms with E-state index < -0.39 is 23.6 Å². The zero-order valence-electron chi connectivity index (χ0n) is 13.4. The van der Waals surface area contributed by atoms with E-state index in [0.717, 1.165) is 12.3 Å². The highest BCUT2D eigenvalue weighted by molar-refractivity contribution is 6.40. The smallest absolute Gasteiger partial charge is 0.317 e. The Balaban J connectivity index is 2.04. The first kappa shape index (κ1) is 19.5. The molecule has 136 valence electrons. The van der Waals surface area contributed by atoms with Crippen LogP contribution in [0.25, 0.3) is 0 Å². The van der Waals surface area contributed by atoms with Crippen LogP contribution in [0.15, 0.2) is 47.6 Å². The molecule has 2 aromatic carbocycles. The van der Waals surface area contributed by atoms with Crippen molar-refractivity contribution in [3.8, 4) is 0 Å². The highest BCUT2D eigenvalue weighted by Crippen LogP contribution is 2.31. The molecule has 0 saturated carbocycles. The molecule has 0 bridgehead atoms. The quantitative estimate of drug-likeness (QED) is 0.481. The zero-order valence-corrected chi connectivity index (χ0v) is 14.2. The largest absolute Gasteiger partial charge is 0.417 e. The third-order valence-electron chi connectivity index (χ3n) is 3.29. The summed E-state index contributed by atoms with van der Waals surface area (Å²) in [7, 11) is 0. The molecule has 2 aromatic rings. The molecule has 5 nitrogen and oxygen atoms in total. The number of halogens is 4. The molecule has 0 unspecified atom stereocenters. The summed E-state index contributed by atoms with van der Waals surface area (Å²) >= 11 is 5.82. The van der Waals surface area contributed by atoms with Crippen molar-refractivity contribution in [3.05, 3.63) is 64.2 Å². The van der Waals surface area contributed by atoms with Gasteiger partial charge in [0.1, 0.15) is 0 Å². The topological polar surface area (TPSA) is 70.6 Å². The first-order chi connectivity index (χ1) is 12.2. The number of nitrogens with one attached hydrogen (secondary N) is 2. The predicted molar refractivity (Wildman–Crippen MR) is 92.0 cm³/mol. The minimum atomic E-state index is -4.56. The normalized spacial score (nSPS) is 11.4. The first-order valence-electron chi connectivity index (χ1n) is 7.25. The van der Waals surface area contributed by atoms with Gasteiger partial charge in [0.25, 0.3) is 0 Å². The lowest BCUT2D eigenvalue weighted by molar-refractivity contribution is -0.137. The summed E-state index contributed by atoms with van der Waals surface area (Å²) in [5.41, 5.74) is 1.75. The van der Waals surface area contributed by atoms with E-state index in [1.807, 2.05) is 5.43 Å². The van der Waals surface area contributed by atoms with Crippen molar-refractivity contribution in [1.82, 2.24) is 5.43 Å². The fourth-order valence-corrected chi connectivity index (χ4v) is 2.16. The number of carbonyl (C=O) groups excluding carboxylic acids is 2. The molecule has 0 saturated heterocycles. The van der Waals surface area contributed by atoms with E-state index in [-0.39, 0.29) is 5.56 Å². The lowest BCUT2D eigenvalue weighted by atomic mass is 10.1. The maximum absolute atomic E-state index is 12.9. The Bertz CT molecular complexity index is 867. The molecule has 0 fully saturated rings. The van der Waals surface area contributed by atoms with Gasteiger partial charge < -0.3 is 5.32 Å². The second-order valence-corrected chi connectivity index (χ2v) is 5.63. The Morgan fingerprint density at radius 2 is 1.81 bits per heavy atom. The molecule has 2 rings (SSSR count). The molecular formula is C17H13ClF3N3O2. The Kier molecular flexibility index (Phi) is 5.99. The van der Waals surface area contributed by atoms with E-state index >= 15 is 0 Å². The van der Waals surface area contributed by atoms with Gasteiger partial charge in [-0.3, -0.25) is 9.59 Å². The monoisotopic (exact) mass is 383 g/mol. The van der Waals surface area contributed by atoms with Crippen LogP contribution in [0.3, 0.4) is 0 Å². The minimum Gasteiger partial charge on any atom is -0.317 e. The number of benzene rings is 2. The van der Waals surface area contributed by atoms with E-state index in [1.165, 1.54) is 24.3 Å². The van der Waals surface area contributed by atoms with Gasteiger partial charge in [0.2, 0.25) is 0 Å². The molecule has 2 amide bonds. The molecule has 26 heavy (non-hydrogen) atoms. The summed E-state index contributed by atoms with van der Waals surface area (Å²) in [6.45, 7) is 1.70. The summed E-state index contributed by atoms with van der Waals surface area (Å²) in [6.07, 6.45) is -3.74. The number of hydrogen-bond acceptors (Lipinski definition) is 3. The third kappa shape index (κ3) is 5.06. The van der Waals surface area contributed by atoms with Crippen LogP contribution in [0.5, 0.6) is 0 Å². The van der Waals surface area contributed by atoms with Crippen molar-refractivity contribution in [2.24, 2.45) is 5.10 Å².